The Balaban J connectivity index is 0.000000174. The first-order valence-electron chi connectivity index (χ1n) is 44.6. The summed E-state index contributed by atoms with van der Waals surface area (Å²) in [7, 11) is 0. The summed E-state index contributed by atoms with van der Waals surface area (Å²) in [6, 6.07) is 166. The number of hydrogen-bond donors (Lipinski definition) is 0. The summed E-state index contributed by atoms with van der Waals surface area (Å²) in [6.45, 7) is 9.66. The zero-order valence-corrected chi connectivity index (χ0v) is 73.2. The summed E-state index contributed by atoms with van der Waals surface area (Å²) in [5, 5.41) is 22.8. The van der Waals surface area contributed by atoms with Gasteiger partial charge in [0.05, 0.1) is 35.3 Å². The Morgan fingerprint density at radius 2 is 0.390 bits per heavy atom. The van der Waals surface area contributed by atoms with E-state index >= 15 is 0 Å². The summed E-state index contributed by atoms with van der Waals surface area (Å²) < 4.78 is 0. The van der Waals surface area contributed by atoms with Crippen LogP contribution >= 0.6 is 0 Å². The molecule has 0 spiro atoms. The number of anilines is 15. The van der Waals surface area contributed by atoms with Gasteiger partial charge in [-0.1, -0.05) is 317 Å². The van der Waals surface area contributed by atoms with Crippen LogP contribution in [0.3, 0.4) is 0 Å². The molecule has 0 aliphatic heterocycles. The molecule has 22 aromatic carbocycles. The summed E-state index contributed by atoms with van der Waals surface area (Å²) >= 11 is 0. The van der Waals surface area contributed by atoms with Gasteiger partial charge in [-0.15, -0.1) is 0 Å². The lowest BCUT2D eigenvalue weighted by Gasteiger charge is -2.30. The highest BCUT2D eigenvalue weighted by atomic mass is 15.2. The van der Waals surface area contributed by atoms with E-state index in [0.29, 0.717) is 11.3 Å². The molecule has 7 nitrogen and oxygen atoms in total. The lowest BCUT2D eigenvalue weighted by atomic mass is 9.87. The first kappa shape index (κ1) is 86.5. The van der Waals surface area contributed by atoms with Gasteiger partial charge in [0.15, 0.2) is 5.69 Å². The molecule has 7 heteroatoms. The lowest BCUT2D eigenvalue weighted by Crippen LogP contribution is -2.12. The molecule has 0 heterocycles. The van der Waals surface area contributed by atoms with Crippen molar-refractivity contribution >= 4 is 156 Å². The molecule has 0 aliphatic carbocycles. The largest absolute Gasteiger partial charge is 0.311 e. The Hall–Kier alpha value is -18.9. The molecule has 0 radical (unpaired) electrons. The van der Waals surface area contributed by atoms with Gasteiger partial charge < -0.3 is 24.5 Å². The molecule has 0 atom stereocenters. The third-order valence-electron chi connectivity index (χ3n) is 24.4. The van der Waals surface area contributed by atoms with E-state index in [1.54, 1.807) is 12.1 Å². The monoisotopic (exact) mass is 1740 g/mol. The maximum Gasteiger partial charge on any atom is 0.187 e. The molecule has 0 fully saturated rings. The van der Waals surface area contributed by atoms with Crippen LogP contribution in [-0.2, 0) is 0 Å². The van der Waals surface area contributed by atoms with Crippen LogP contribution in [0.5, 0.6) is 0 Å². The van der Waals surface area contributed by atoms with Crippen LogP contribution in [0, 0.1) is 72.2 Å². The van der Waals surface area contributed by atoms with Crippen molar-refractivity contribution in [3.63, 3.8) is 0 Å². The standard InChI is InChI=1S/C69H47N3.C58H34N4.2CH4/c1-50-48-53(38-32-51-34-40-61(41-35-51)70(55-20-8-2-9-21-55)56-22-10-3-11-23-56)64-45-46-65-54(39-33-52-36-42-62(43-37-52)71(57-24-12-4-13-25-57)58-26-14-5-15-27-58)49-67(66-47-44-63(50)68(64)69(65)66)72(59-28-16-6-17-29-59)60-30-18-7-19-31-60;1-60-46-32-28-42(29-33-46)27-31-45-39-56(62(49-18-10-4-11-19-49)50-20-12-5-13-21-50)54-37-36-53-55(61(47-14-6-2-7-15-47)48-16-8-3-9-17-48)38-44(51-34-35-52(45)58(54)57(51)53)30-26-41-22-24-43(40-59)25-23-41;;/h2-31,34-37,40-49H,1H3;2-25,28-29,32-39H;2*1H4. The van der Waals surface area contributed by atoms with E-state index in [2.05, 4.69) is 490 Å². The van der Waals surface area contributed by atoms with E-state index in [-0.39, 0.29) is 14.9 Å². The van der Waals surface area contributed by atoms with E-state index in [4.69, 9.17) is 6.57 Å². The second-order valence-electron chi connectivity index (χ2n) is 32.7. The molecular formula is C129H89N7. The zero-order chi connectivity index (χ0) is 90.1. The molecule has 640 valence electrons. The van der Waals surface area contributed by atoms with E-state index < -0.39 is 0 Å². The van der Waals surface area contributed by atoms with Gasteiger partial charge >= 0.3 is 0 Å². The van der Waals surface area contributed by atoms with Gasteiger partial charge in [-0.05, 0) is 263 Å². The van der Waals surface area contributed by atoms with Gasteiger partial charge in [0.1, 0.15) is 0 Å². The van der Waals surface area contributed by atoms with Crippen LogP contribution in [0.25, 0.3) is 69.5 Å². The van der Waals surface area contributed by atoms with Gasteiger partial charge in [0, 0.05) is 145 Å². The minimum atomic E-state index is 0. The van der Waals surface area contributed by atoms with Crippen molar-refractivity contribution in [1.29, 1.82) is 5.26 Å². The molecular weight excluding hydrogens is 1650 g/mol. The molecule has 0 saturated heterocycles. The number of nitriles is 1. The molecule has 0 amide bonds. The fourth-order valence-corrected chi connectivity index (χ4v) is 18.2. The van der Waals surface area contributed by atoms with Crippen molar-refractivity contribution < 1.29 is 0 Å². The Morgan fingerprint density at radius 3 is 0.632 bits per heavy atom. The molecule has 0 aliphatic rings. The number of hydrogen-bond acceptors (Lipinski definition) is 6. The highest BCUT2D eigenvalue weighted by molar-refractivity contribution is 6.31. The van der Waals surface area contributed by atoms with E-state index in [0.717, 1.165) is 178 Å². The fourth-order valence-electron chi connectivity index (χ4n) is 18.2. The number of para-hydroxylation sites is 10. The normalized spacial score (nSPS) is 10.6. The minimum Gasteiger partial charge on any atom is -0.311 e. The lowest BCUT2D eigenvalue weighted by molar-refractivity contribution is 1.28. The number of rotatable bonds is 15. The third kappa shape index (κ3) is 17.5. The Kier molecular flexibility index (Phi) is 24.9. The van der Waals surface area contributed by atoms with Crippen LogP contribution in [0.2, 0.25) is 0 Å². The molecule has 0 saturated carbocycles. The number of nitrogens with zero attached hydrogens (tertiary/aromatic N) is 7. The first-order valence-corrected chi connectivity index (χ1v) is 44.6. The zero-order valence-electron chi connectivity index (χ0n) is 73.2. The number of aryl methyl sites for hydroxylation is 1. The maximum atomic E-state index is 9.46. The van der Waals surface area contributed by atoms with Crippen molar-refractivity contribution in [3.05, 3.63) is 540 Å². The predicted octanol–water partition coefficient (Wildman–Crippen LogP) is 34.1. The van der Waals surface area contributed by atoms with Crippen molar-refractivity contribution in [2.75, 3.05) is 24.5 Å². The van der Waals surface area contributed by atoms with E-state index in [1.807, 2.05) is 60.7 Å². The Labute approximate surface area is 795 Å². The van der Waals surface area contributed by atoms with Crippen molar-refractivity contribution in [2.45, 2.75) is 21.8 Å². The second kappa shape index (κ2) is 39.2. The molecule has 0 unspecified atom stereocenters. The van der Waals surface area contributed by atoms with Crippen LogP contribution in [0.4, 0.5) is 91.0 Å². The van der Waals surface area contributed by atoms with Crippen LogP contribution in [0.15, 0.2) is 473 Å². The average molecular weight is 1740 g/mol. The summed E-state index contributed by atoms with van der Waals surface area (Å²) in [5.41, 5.74) is 25.4. The Bertz CT molecular complexity index is 7970. The van der Waals surface area contributed by atoms with Crippen LogP contribution in [-0.4, -0.2) is 0 Å². The SMILES string of the molecule is C.C.Cc1cc(C#Cc2ccc(N(c3ccccc3)c3ccccc3)cc2)c2ccc3c(C#Cc4ccc(N(c5ccccc5)c5ccccc5)cc4)cc(N(c4ccccc4)c4ccccc4)c4ccc1c2c34.[C-]#[N+]c1ccc(C#Cc2cc(N(c3ccccc3)c3ccccc3)c3ccc4c(N(c5ccccc5)c5ccccc5)cc(C#Cc5ccc(C#N)cc5)c5ccc2c3c54)cc1. The van der Waals surface area contributed by atoms with E-state index in [1.165, 1.54) is 21.7 Å². The smallest absolute Gasteiger partial charge is 0.187 e. The summed E-state index contributed by atoms with van der Waals surface area (Å²) in [5.74, 6) is 28.6. The van der Waals surface area contributed by atoms with Crippen molar-refractivity contribution in [2.24, 2.45) is 0 Å². The molecule has 0 N–H and O–H groups in total. The summed E-state index contributed by atoms with van der Waals surface area (Å²) in [4.78, 5) is 15.1. The Morgan fingerprint density at radius 1 is 0.199 bits per heavy atom. The average Bonchev–Trinajstić information content (AvgIpc) is 0.712. The highest BCUT2D eigenvalue weighted by Gasteiger charge is 2.27. The van der Waals surface area contributed by atoms with Crippen LogP contribution < -0.4 is 24.5 Å². The third-order valence-corrected chi connectivity index (χ3v) is 24.4. The minimum absolute atomic E-state index is 0. The van der Waals surface area contributed by atoms with E-state index in [9.17, 15) is 5.26 Å². The van der Waals surface area contributed by atoms with Gasteiger partial charge in [0.25, 0.3) is 0 Å². The molecule has 0 bridgehead atoms. The van der Waals surface area contributed by atoms with Crippen molar-refractivity contribution in [1.82, 2.24) is 0 Å². The topological polar surface area (TPSA) is 44.4 Å². The van der Waals surface area contributed by atoms with Gasteiger partial charge in [0.2, 0.25) is 0 Å². The van der Waals surface area contributed by atoms with Gasteiger partial charge in [-0.3, -0.25) is 0 Å². The quantitative estimate of drug-likeness (QED) is 0.0579. The first-order chi connectivity index (χ1) is 66.3. The summed E-state index contributed by atoms with van der Waals surface area (Å²) in [6.07, 6.45) is 0. The molecule has 22 rings (SSSR count). The maximum absolute atomic E-state index is 9.46. The van der Waals surface area contributed by atoms with Crippen LogP contribution in [0.1, 0.15) is 70.5 Å². The second-order valence-corrected chi connectivity index (χ2v) is 32.7. The fraction of sp³-hybridized carbons (Fsp3) is 0.0233. The molecule has 22 aromatic rings. The molecule has 136 heavy (non-hydrogen) atoms. The van der Waals surface area contributed by atoms with Gasteiger partial charge in [-0.2, -0.15) is 5.26 Å². The van der Waals surface area contributed by atoms with Crippen molar-refractivity contribution in [3.8, 4) is 53.4 Å². The van der Waals surface area contributed by atoms with Gasteiger partial charge in [-0.25, -0.2) is 4.85 Å². The molecule has 0 aromatic heterocycles. The number of benzene rings is 22. The predicted molar refractivity (Wildman–Crippen MR) is 573 cm³/mol. The highest BCUT2D eigenvalue weighted by Crippen LogP contribution is 2.52.